The zero-order chi connectivity index (χ0) is 20.2. The van der Waals surface area contributed by atoms with Crippen molar-refractivity contribution in [2.24, 2.45) is 0 Å². The van der Waals surface area contributed by atoms with Crippen molar-refractivity contribution in [2.75, 3.05) is 66.9 Å². The van der Waals surface area contributed by atoms with E-state index < -0.39 is 27.1 Å². The molecule has 0 aromatic carbocycles. The highest BCUT2D eigenvalue weighted by molar-refractivity contribution is 7.55. The number of hydrogen-bond donors (Lipinski definition) is 0. The molecule has 2 aliphatic heterocycles. The van der Waals surface area contributed by atoms with Crippen molar-refractivity contribution in [1.82, 2.24) is 9.34 Å². The molecule has 156 valence electrons. The van der Waals surface area contributed by atoms with Crippen LogP contribution in [0.25, 0.3) is 0 Å². The van der Waals surface area contributed by atoms with E-state index in [1.165, 1.54) is 7.11 Å². The SMILES string of the molecule is [B]C1CN(P(C)(=O)OC)CC(COP(C)(=O)N2CC(C)OC(COC)C2)O1. The standard InChI is InChI=1S/C15H31BN2O7P2/c1-12-6-17(7-13(24-12)10-21-2)27(5,20)23-11-14-8-18(9-15(16)25-14)26(4,19)22-3/h12-15H,6-11H2,1-5H3. The number of hydrogen-bond acceptors (Lipinski definition) is 7. The molecule has 9 nitrogen and oxygen atoms in total. The number of rotatable bonds is 8. The third kappa shape index (κ3) is 6.63. The smallest absolute Gasteiger partial charge is 0.269 e. The van der Waals surface area contributed by atoms with Crippen molar-refractivity contribution in [1.29, 1.82) is 0 Å². The van der Waals surface area contributed by atoms with E-state index in [1.54, 1.807) is 25.1 Å². The van der Waals surface area contributed by atoms with Gasteiger partial charge < -0.3 is 23.3 Å². The summed E-state index contributed by atoms with van der Waals surface area (Å²) in [5, 5.41) is 0. The number of nitrogens with zero attached hydrogens (tertiary/aromatic N) is 2. The Balaban J connectivity index is 1.95. The second-order valence-electron chi connectivity index (χ2n) is 7.15. The topological polar surface area (TPSA) is 86.8 Å². The van der Waals surface area contributed by atoms with Crippen LogP contribution in [0.3, 0.4) is 0 Å². The minimum atomic E-state index is -3.06. The molecule has 0 aromatic rings. The summed E-state index contributed by atoms with van der Waals surface area (Å²) in [5.74, 6) is 0. The lowest BCUT2D eigenvalue weighted by Crippen LogP contribution is -2.49. The average Bonchev–Trinajstić information content (AvgIpc) is 2.59. The summed E-state index contributed by atoms with van der Waals surface area (Å²) >= 11 is 0. The van der Waals surface area contributed by atoms with Gasteiger partial charge in [0.1, 0.15) is 7.85 Å². The van der Waals surface area contributed by atoms with Crippen LogP contribution in [-0.2, 0) is 32.4 Å². The Bertz CT molecular complexity index is 584. The molecule has 6 unspecified atom stereocenters. The van der Waals surface area contributed by atoms with E-state index in [0.717, 1.165) is 0 Å². The molecule has 0 aromatic heterocycles. The summed E-state index contributed by atoms with van der Waals surface area (Å²) in [7, 11) is 2.93. The zero-order valence-corrected chi connectivity index (χ0v) is 18.6. The van der Waals surface area contributed by atoms with Crippen molar-refractivity contribution in [2.45, 2.75) is 31.2 Å². The molecule has 0 N–H and O–H groups in total. The summed E-state index contributed by atoms with van der Waals surface area (Å²) in [6.45, 7) is 7.20. The molecule has 0 bridgehead atoms. The van der Waals surface area contributed by atoms with Crippen LogP contribution in [0.15, 0.2) is 0 Å². The van der Waals surface area contributed by atoms with Crippen LogP contribution in [0.1, 0.15) is 6.92 Å². The van der Waals surface area contributed by atoms with E-state index in [9.17, 15) is 9.13 Å². The highest BCUT2D eigenvalue weighted by Crippen LogP contribution is 2.50. The van der Waals surface area contributed by atoms with Gasteiger partial charge in [-0.15, -0.1) is 0 Å². The molecule has 2 heterocycles. The van der Waals surface area contributed by atoms with Crippen molar-refractivity contribution in [3.05, 3.63) is 0 Å². The van der Waals surface area contributed by atoms with Crippen LogP contribution in [0.5, 0.6) is 0 Å². The van der Waals surface area contributed by atoms with Gasteiger partial charge in [-0.1, -0.05) is 0 Å². The van der Waals surface area contributed by atoms with Gasteiger partial charge in [-0.2, -0.15) is 0 Å². The van der Waals surface area contributed by atoms with Gasteiger partial charge in [-0.3, -0.25) is 9.13 Å². The largest absolute Gasteiger partial charge is 0.382 e. The van der Waals surface area contributed by atoms with Gasteiger partial charge in [-0.25, -0.2) is 9.34 Å². The molecule has 0 saturated carbocycles. The van der Waals surface area contributed by atoms with E-state index in [-0.39, 0.29) is 18.8 Å². The molecule has 0 aliphatic carbocycles. The summed E-state index contributed by atoms with van der Waals surface area (Å²) in [4.78, 5) is 0. The lowest BCUT2D eigenvalue weighted by atomic mass is 9.98. The van der Waals surface area contributed by atoms with E-state index in [2.05, 4.69) is 0 Å². The first-order valence-electron chi connectivity index (χ1n) is 8.99. The van der Waals surface area contributed by atoms with E-state index in [0.29, 0.717) is 32.8 Å². The third-order valence-electron chi connectivity index (χ3n) is 4.70. The van der Waals surface area contributed by atoms with Gasteiger partial charge in [-0.05, 0) is 6.92 Å². The predicted octanol–water partition coefficient (Wildman–Crippen LogP) is 1.23. The van der Waals surface area contributed by atoms with Gasteiger partial charge in [0.2, 0.25) is 0 Å². The molecule has 2 radical (unpaired) electrons. The number of ether oxygens (including phenoxy) is 3. The Morgan fingerprint density at radius 3 is 2.15 bits per heavy atom. The Labute approximate surface area is 163 Å². The minimum Gasteiger partial charge on any atom is -0.382 e. The monoisotopic (exact) mass is 424 g/mol. The molecule has 2 aliphatic rings. The highest BCUT2D eigenvalue weighted by atomic mass is 31.2. The first-order chi connectivity index (χ1) is 12.6. The van der Waals surface area contributed by atoms with Crippen LogP contribution in [0.2, 0.25) is 0 Å². The van der Waals surface area contributed by atoms with E-state index in [1.807, 2.05) is 11.6 Å². The molecule has 0 spiro atoms. The maximum Gasteiger partial charge on any atom is 0.269 e. The van der Waals surface area contributed by atoms with Crippen LogP contribution in [-0.4, -0.2) is 108 Å². The molecule has 2 rings (SSSR count). The van der Waals surface area contributed by atoms with Crippen molar-refractivity contribution >= 4 is 22.9 Å². The number of methoxy groups -OCH3 is 1. The summed E-state index contributed by atoms with van der Waals surface area (Å²) in [6, 6.07) is -0.610. The maximum atomic E-state index is 13.2. The van der Waals surface area contributed by atoms with E-state index >= 15 is 0 Å². The Kier molecular flexibility index (Phi) is 8.57. The van der Waals surface area contributed by atoms with Gasteiger partial charge in [0.25, 0.3) is 15.0 Å². The fourth-order valence-electron chi connectivity index (χ4n) is 3.25. The van der Waals surface area contributed by atoms with E-state index in [4.69, 9.17) is 31.1 Å². The lowest BCUT2D eigenvalue weighted by Gasteiger charge is -2.41. The first-order valence-corrected chi connectivity index (χ1v) is 13.0. The Morgan fingerprint density at radius 1 is 0.963 bits per heavy atom. The predicted molar refractivity (Wildman–Crippen MR) is 104 cm³/mol. The van der Waals surface area contributed by atoms with Crippen molar-refractivity contribution < 1.29 is 32.4 Å². The summed E-state index contributed by atoms with van der Waals surface area (Å²) in [6.07, 6.45) is -0.671. The van der Waals surface area contributed by atoms with Crippen LogP contribution in [0, 0.1) is 0 Å². The van der Waals surface area contributed by atoms with Crippen molar-refractivity contribution in [3.63, 3.8) is 0 Å². The molecule has 2 fully saturated rings. The quantitative estimate of drug-likeness (QED) is 0.422. The lowest BCUT2D eigenvalue weighted by molar-refractivity contribution is -0.0866. The molecule has 2 saturated heterocycles. The van der Waals surface area contributed by atoms with Gasteiger partial charge in [0, 0.05) is 59.7 Å². The first kappa shape index (κ1) is 23.5. The minimum absolute atomic E-state index is 0.0710. The molecular weight excluding hydrogens is 393 g/mol. The Morgan fingerprint density at radius 2 is 1.56 bits per heavy atom. The summed E-state index contributed by atoms with van der Waals surface area (Å²) < 4.78 is 56.6. The molecule has 27 heavy (non-hydrogen) atoms. The zero-order valence-electron chi connectivity index (χ0n) is 16.8. The summed E-state index contributed by atoms with van der Waals surface area (Å²) in [5.41, 5.74) is 0. The average molecular weight is 424 g/mol. The van der Waals surface area contributed by atoms with Crippen LogP contribution >= 0.6 is 15.0 Å². The second kappa shape index (κ2) is 9.83. The molecule has 6 atom stereocenters. The van der Waals surface area contributed by atoms with Gasteiger partial charge in [0.15, 0.2) is 0 Å². The maximum absolute atomic E-state index is 13.2. The molecule has 12 heteroatoms. The molecule has 0 amide bonds. The van der Waals surface area contributed by atoms with Crippen LogP contribution < -0.4 is 0 Å². The van der Waals surface area contributed by atoms with Crippen molar-refractivity contribution in [3.8, 4) is 0 Å². The third-order valence-corrected chi connectivity index (χ3v) is 8.71. The number of morpholine rings is 2. The fraction of sp³-hybridized carbons (Fsp3) is 1.00. The fourth-order valence-corrected chi connectivity index (χ4v) is 6.03. The van der Waals surface area contributed by atoms with Crippen LogP contribution in [0.4, 0.5) is 0 Å². The Hall–Kier alpha value is 0.245. The van der Waals surface area contributed by atoms with Gasteiger partial charge in [0.05, 0.1) is 31.5 Å². The van der Waals surface area contributed by atoms with Gasteiger partial charge >= 0.3 is 0 Å². The second-order valence-corrected chi connectivity index (χ2v) is 12.1. The highest BCUT2D eigenvalue weighted by Gasteiger charge is 2.38. The molecular formula is C15H31BN2O7P2. The normalized spacial score (nSPS) is 35.4.